The molecule has 0 aliphatic carbocycles. The Bertz CT molecular complexity index is 684. The van der Waals surface area contributed by atoms with Crippen LogP contribution in [-0.4, -0.2) is 24.9 Å². The molecule has 1 heterocycles. The lowest BCUT2D eigenvalue weighted by Gasteiger charge is -2.05. The molecule has 21 heavy (non-hydrogen) atoms. The van der Waals surface area contributed by atoms with Crippen molar-refractivity contribution >= 4 is 50.5 Å². The number of amides is 2. The standard InChI is InChI=1S/C14H16ClN3O2S/c1-2-6-17-10(19)7-18-14(20)13-12(16)11-8(15)4-3-5-9(11)21-13/h3-5H,2,6-7,16H2,1H3,(H,17,19)(H,18,20). The van der Waals surface area contributed by atoms with Crippen molar-refractivity contribution in [2.75, 3.05) is 18.8 Å². The van der Waals surface area contributed by atoms with Gasteiger partial charge in [-0.1, -0.05) is 24.6 Å². The Labute approximate surface area is 131 Å². The second-order valence-corrected chi connectivity index (χ2v) is 5.95. The van der Waals surface area contributed by atoms with Crippen LogP contribution in [0.5, 0.6) is 0 Å². The quantitative estimate of drug-likeness (QED) is 0.789. The number of nitrogens with two attached hydrogens (primary N) is 1. The summed E-state index contributed by atoms with van der Waals surface area (Å²) in [6.07, 6.45) is 0.849. The van der Waals surface area contributed by atoms with E-state index in [9.17, 15) is 9.59 Å². The Balaban J connectivity index is 2.11. The van der Waals surface area contributed by atoms with Crippen molar-refractivity contribution in [2.24, 2.45) is 0 Å². The van der Waals surface area contributed by atoms with Gasteiger partial charge >= 0.3 is 0 Å². The molecule has 0 radical (unpaired) electrons. The van der Waals surface area contributed by atoms with Crippen molar-refractivity contribution in [3.8, 4) is 0 Å². The molecule has 4 N–H and O–H groups in total. The van der Waals surface area contributed by atoms with Crippen LogP contribution in [0.2, 0.25) is 5.02 Å². The van der Waals surface area contributed by atoms with Gasteiger partial charge in [0.25, 0.3) is 5.91 Å². The van der Waals surface area contributed by atoms with Crippen LogP contribution in [0.1, 0.15) is 23.0 Å². The topological polar surface area (TPSA) is 84.2 Å². The zero-order chi connectivity index (χ0) is 15.4. The number of benzene rings is 1. The number of rotatable bonds is 5. The number of fused-ring (bicyclic) bond motifs is 1. The summed E-state index contributed by atoms with van der Waals surface area (Å²) in [6, 6.07) is 5.39. The smallest absolute Gasteiger partial charge is 0.263 e. The van der Waals surface area contributed by atoms with Crippen LogP contribution in [0.15, 0.2) is 18.2 Å². The fourth-order valence-electron chi connectivity index (χ4n) is 1.87. The highest BCUT2D eigenvalue weighted by atomic mass is 35.5. The minimum atomic E-state index is -0.364. The summed E-state index contributed by atoms with van der Waals surface area (Å²) in [6.45, 7) is 2.48. The number of halogens is 1. The molecule has 2 aromatic rings. The zero-order valence-corrected chi connectivity index (χ0v) is 13.1. The molecule has 0 atom stereocenters. The van der Waals surface area contributed by atoms with Crippen LogP contribution in [0.4, 0.5) is 5.69 Å². The first kappa shape index (κ1) is 15.6. The van der Waals surface area contributed by atoms with Gasteiger partial charge in [-0.05, 0) is 18.6 Å². The van der Waals surface area contributed by atoms with Crippen LogP contribution >= 0.6 is 22.9 Å². The van der Waals surface area contributed by atoms with Gasteiger partial charge in [0.15, 0.2) is 0 Å². The number of nitrogens with one attached hydrogen (secondary N) is 2. The first-order chi connectivity index (χ1) is 10.0. The van der Waals surface area contributed by atoms with Crippen LogP contribution < -0.4 is 16.4 Å². The number of hydrogen-bond acceptors (Lipinski definition) is 4. The molecular formula is C14H16ClN3O2S. The highest BCUT2D eigenvalue weighted by Gasteiger charge is 2.18. The van der Waals surface area contributed by atoms with Gasteiger partial charge in [-0.3, -0.25) is 9.59 Å². The van der Waals surface area contributed by atoms with Crippen LogP contribution in [-0.2, 0) is 4.79 Å². The molecule has 0 unspecified atom stereocenters. The number of carbonyl (C=O) groups is 2. The molecule has 0 aliphatic heterocycles. The minimum Gasteiger partial charge on any atom is -0.397 e. The lowest BCUT2D eigenvalue weighted by atomic mass is 10.2. The normalized spacial score (nSPS) is 10.6. The average Bonchev–Trinajstić information content (AvgIpc) is 2.81. The summed E-state index contributed by atoms with van der Waals surface area (Å²) >= 11 is 7.36. The van der Waals surface area contributed by atoms with E-state index in [1.165, 1.54) is 11.3 Å². The number of hydrogen-bond donors (Lipinski definition) is 3. The molecular weight excluding hydrogens is 310 g/mol. The van der Waals surface area contributed by atoms with E-state index < -0.39 is 0 Å². The molecule has 0 bridgehead atoms. The second kappa shape index (κ2) is 6.78. The molecule has 0 aliphatic rings. The van der Waals surface area contributed by atoms with Crippen molar-refractivity contribution in [3.63, 3.8) is 0 Å². The number of nitrogen functional groups attached to an aromatic ring is 1. The zero-order valence-electron chi connectivity index (χ0n) is 11.5. The van der Waals surface area contributed by atoms with Gasteiger partial charge in [-0.25, -0.2) is 0 Å². The molecule has 0 saturated heterocycles. The van der Waals surface area contributed by atoms with E-state index in [2.05, 4.69) is 10.6 Å². The van der Waals surface area contributed by atoms with E-state index in [1.807, 2.05) is 13.0 Å². The summed E-state index contributed by atoms with van der Waals surface area (Å²) in [5.74, 6) is -0.584. The molecule has 1 aromatic carbocycles. The summed E-state index contributed by atoms with van der Waals surface area (Å²) < 4.78 is 0.848. The second-order valence-electron chi connectivity index (χ2n) is 4.49. The van der Waals surface area contributed by atoms with Gasteiger partial charge in [-0.2, -0.15) is 0 Å². The molecule has 2 amide bonds. The van der Waals surface area contributed by atoms with Crippen molar-refractivity contribution in [3.05, 3.63) is 28.1 Å². The van der Waals surface area contributed by atoms with E-state index in [4.69, 9.17) is 17.3 Å². The monoisotopic (exact) mass is 325 g/mol. The lowest BCUT2D eigenvalue weighted by Crippen LogP contribution is -2.37. The Morgan fingerprint density at radius 3 is 2.76 bits per heavy atom. The Kier molecular flexibility index (Phi) is 5.03. The van der Waals surface area contributed by atoms with Crippen molar-refractivity contribution < 1.29 is 9.59 Å². The molecule has 5 nitrogen and oxygen atoms in total. The highest BCUT2D eigenvalue weighted by molar-refractivity contribution is 7.21. The van der Waals surface area contributed by atoms with Crippen molar-refractivity contribution in [2.45, 2.75) is 13.3 Å². The molecule has 7 heteroatoms. The van der Waals surface area contributed by atoms with Crippen LogP contribution in [0.3, 0.4) is 0 Å². The molecule has 112 valence electrons. The van der Waals surface area contributed by atoms with Gasteiger partial charge in [-0.15, -0.1) is 11.3 Å². The van der Waals surface area contributed by atoms with Crippen molar-refractivity contribution in [1.82, 2.24) is 10.6 Å². The predicted octanol–water partition coefficient (Wildman–Crippen LogP) is 2.39. The lowest BCUT2D eigenvalue weighted by molar-refractivity contribution is -0.120. The van der Waals surface area contributed by atoms with Gasteiger partial charge in [0.05, 0.1) is 17.3 Å². The van der Waals surface area contributed by atoms with Gasteiger partial charge < -0.3 is 16.4 Å². The molecule has 0 saturated carbocycles. The maximum Gasteiger partial charge on any atom is 0.263 e. The van der Waals surface area contributed by atoms with Gasteiger partial charge in [0, 0.05) is 16.6 Å². The maximum absolute atomic E-state index is 12.1. The van der Waals surface area contributed by atoms with E-state index in [-0.39, 0.29) is 18.4 Å². The third-order valence-electron chi connectivity index (χ3n) is 2.89. The Morgan fingerprint density at radius 1 is 1.33 bits per heavy atom. The van der Waals surface area contributed by atoms with Gasteiger partial charge in [0.1, 0.15) is 4.88 Å². The van der Waals surface area contributed by atoms with Crippen LogP contribution in [0.25, 0.3) is 10.1 Å². The van der Waals surface area contributed by atoms with Gasteiger partial charge in [0.2, 0.25) is 5.91 Å². The summed E-state index contributed by atoms with van der Waals surface area (Å²) in [4.78, 5) is 24.0. The summed E-state index contributed by atoms with van der Waals surface area (Å²) in [5, 5.41) is 6.45. The largest absolute Gasteiger partial charge is 0.397 e. The number of thiophene rings is 1. The first-order valence-electron chi connectivity index (χ1n) is 6.56. The van der Waals surface area contributed by atoms with Crippen molar-refractivity contribution in [1.29, 1.82) is 0 Å². The minimum absolute atomic E-state index is 0.0692. The summed E-state index contributed by atoms with van der Waals surface area (Å²) in [5.41, 5.74) is 6.35. The number of carbonyl (C=O) groups excluding carboxylic acids is 2. The SMILES string of the molecule is CCCNC(=O)CNC(=O)c1sc2cccc(Cl)c2c1N. The maximum atomic E-state index is 12.1. The summed E-state index contributed by atoms with van der Waals surface area (Å²) in [7, 11) is 0. The first-order valence-corrected chi connectivity index (χ1v) is 7.75. The fourth-order valence-corrected chi connectivity index (χ4v) is 3.26. The van der Waals surface area contributed by atoms with Crippen LogP contribution in [0, 0.1) is 0 Å². The highest BCUT2D eigenvalue weighted by Crippen LogP contribution is 2.37. The van der Waals surface area contributed by atoms with E-state index in [0.717, 1.165) is 11.1 Å². The average molecular weight is 326 g/mol. The van der Waals surface area contributed by atoms with E-state index in [0.29, 0.717) is 27.5 Å². The predicted molar refractivity (Wildman–Crippen MR) is 86.9 cm³/mol. The van der Waals surface area contributed by atoms with E-state index in [1.54, 1.807) is 12.1 Å². The molecule has 0 spiro atoms. The third-order valence-corrected chi connectivity index (χ3v) is 4.37. The molecule has 1 aromatic heterocycles. The fraction of sp³-hybridized carbons (Fsp3) is 0.286. The Hall–Kier alpha value is -1.79. The molecule has 0 fully saturated rings. The Morgan fingerprint density at radius 2 is 2.10 bits per heavy atom. The number of anilines is 1. The third kappa shape index (κ3) is 3.46. The van der Waals surface area contributed by atoms with E-state index >= 15 is 0 Å². The molecule has 2 rings (SSSR count).